The fourth-order valence-corrected chi connectivity index (χ4v) is 3.36. The van der Waals surface area contributed by atoms with E-state index in [1.807, 2.05) is 0 Å². The van der Waals surface area contributed by atoms with Crippen LogP contribution in [0.2, 0.25) is 0 Å². The molecule has 0 bridgehead atoms. The van der Waals surface area contributed by atoms with Gasteiger partial charge >= 0.3 is 0 Å². The van der Waals surface area contributed by atoms with Crippen LogP contribution in [0.15, 0.2) is 0 Å². The highest BCUT2D eigenvalue weighted by molar-refractivity contribution is 5.37. The summed E-state index contributed by atoms with van der Waals surface area (Å²) < 4.78 is 0. The van der Waals surface area contributed by atoms with E-state index in [9.17, 15) is 0 Å². The Hall–Kier alpha value is -1.02. The molecule has 2 heteroatoms. The molecule has 0 saturated carbocycles. The van der Waals surface area contributed by atoms with Crippen LogP contribution >= 0.6 is 0 Å². The largest absolute Gasteiger partial charge is 0.358 e. The molecular formula is C18H30N2. The van der Waals surface area contributed by atoms with Crippen molar-refractivity contribution in [2.75, 3.05) is 6.54 Å². The van der Waals surface area contributed by atoms with Crippen LogP contribution in [0.1, 0.15) is 58.2 Å². The molecule has 1 unspecified atom stereocenters. The second-order valence-electron chi connectivity index (χ2n) is 6.65. The highest BCUT2D eigenvalue weighted by Gasteiger charge is 2.11. The van der Waals surface area contributed by atoms with Gasteiger partial charge < -0.3 is 10.3 Å². The lowest BCUT2D eigenvalue weighted by Gasteiger charge is -2.10. The molecule has 1 aliphatic heterocycles. The first-order valence-corrected chi connectivity index (χ1v) is 8.18. The van der Waals surface area contributed by atoms with E-state index in [1.165, 1.54) is 47.5 Å². The van der Waals surface area contributed by atoms with E-state index >= 15 is 0 Å². The molecule has 1 aliphatic rings. The highest BCUT2D eigenvalue weighted by atomic mass is 14.9. The maximum Gasteiger partial charge on any atom is 0.0415 e. The summed E-state index contributed by atoms with van der Waals surface area (Å²) in [6.07, 6.45) is 9.58. The molecule has 0 aliphatic carbocycles. The molecule has 0 saturated heterocycles. The van der Waals surface area contributed by atoms with Gasteiger partial charge in [-0.2, -0.15) is 0 Å². The standard InChI is InChI=1S/C18H30N2/c1-5-15-16-12-19-10-6-7-17(16)20-18(15)9-8-14(4)11-13(2)3/h5,9,13-14,19-20H,6-8,10-12H2,1-4H3/b15-5-,18-9+. The van der Waals surface area contributed by atoms with Gasteiger partial charge in [0.2, 0.25) is 0 Å². The Morgan fingerprint density at radius 2 is 2.05 bits per heavy atom. The zero-order valence-electron chi connectivity index (χ0n) is 13.6. The van der Waals surface area contributed by atoms with Crippen LogP contribution in [0.25, 0.3) is 12.2 Å². The summed E-state index contributed by atoms with van der Waals surface area (Å²) >= 11 is 0. The van der Waals surface area contributed by atoms with Crippen molar-refractivity contribution < 1.29 is 0 Å². The first-order chi connectivity index (χ1) is 9.61. The number of nitrogens with one attached hydrogen (secondary N) is 2. The SMILES string of the molecule is C/C=c1/c2c([nH]/c1=C/CC(C)CC(C)C)CCCNC2. The lowest BCUT2D eigenvalue weighted by Crippen LogP contribution is -2.27. The van der Waals surface area contributed by atoms with Gasteiger partial charge in [-0.15, -0.1) is 0 Å². The summed E-state index contributed by atoms with van der Waals surface area (Å²) in [4.78, 5) is 3.68. The minimum Gasteiger partial charge on any atom is -0.358 e. The highest BCUT2D eigenvalue weighted by Crippen LogP contribution is 2.14. The molecule has 0 fully saturated rings. The van der Waals surface area contributed by atoms with Gasteiger partial charge in [0, 0.05) is 17.6 Å². The topological polar surface area (TPSA) is 27.8 Å². The van der Waals surface area contributed by atoms with E-state index in [4.69, 9.17) is 0 Å². The smallest absolute Gasteiger partial charge is 0.0415 e. The lowest BCUT2D eigenvalue weighted by atomic mass is 9.96. The van der Waals surface area contributed by atoms with Crippen molar-refractivity contribution in [2.45, 2.75) is 59.9 Å². The van der Waals surface area contributed by atoms with Crippen molar-refractivity contribution in [3.05, 3.63) is 21.8 Å². The van der Waals surface area contributed by atoms with E-state index in [-0.39, 0.29) is 0 Å². The van der Waals surface area contributed by atoms with Crippen molar-refractivity contribution in [1.82, 2.24) is 10.3 Å². The first kappa shape index (κ1) is 15.4. The molecule has 2 rings (SSSR count). The second-order valence-corrected chi connectivity index (χ2v) is 6.65. The minimum absolute atomic E-state index is 0.765. The average Bonchev–Trinajstić information content (AvgIpc) is 2.55. The Labute approximate surface area is 123 Å². The number of rotatable bonds is 4. The number of H-pyrrole nitrogens is 1. The van der Waals surface area contributed by atoms with Crippen LogP contribution < -0.4 is 15.9 Å². The van der Waals surface area contributed by atoms with Crippen LogP contribution in [-0.2, 0) is 13.0 Å². The number of hydrogen-bond donors (Lipinski definition) is 2. The van der Waals surface area contributed by atoms with Gasteiger partial charge in [-0.25, -0.2) is 0 Å². The number of aromatic amines is 1. The maximum absolute atomic E-state index is 3.68. The molecule has 1 aromatic rings. The Morgan fingerprint density at radius 1 is 1.25 bits per heavy atom. The molecule has 0 aromatic carbocycles. The van der Waals surface area contributed by atoms with Gasteiger partial charge in [0.1, 0.15) is 0 Å². The number of aryl methyl sites for hydroxylation is 1. The summed E-state index contributed by atoms with van der Waals surface area (Å²) in [7, 11) is 0. The summed E-state index contributed by atoms with van der Waals surface area (Å²) in [5.74, 6) is 1.56. The summed E-state index contributed by atoms with van der Waals surface area (Å²) in [5.41, 5.74) is 2.94. The van der Waals surface area contributed by atoms with Crippen molar-refractivity contribution in [3.63, 3.8) is 0 Å². The Morgan fingerprint density at radius 3 is 2.75 bits per heavy atom. The molecule has 2 N–H and O–H groups in total. The summed E-state index contributed by atoms with van der Waals surface area (Å²) in [5, 5.41) is 6.30. The normalized spacial score (nSPS) is 19.2. The van der Waals surface area contributed by atoms with Crippen LogP contribution in [0, 0.1) is 11.8 Å². The fourth-order valence-electron chi connectivity index (χ4n) is 3.36. The van der Waals surface area contributed by atoms with E-state index in [1.54, 1.807) is 0 Å². The average molecular weight is 274 g/mol. The van der Waals surface area contributed by atoms with Crippen LogP contribution in [0.5, 0.6) is 0 Å². The second kappa shape index (κ2) is 7.12. The number of fused-ring (bicyclic) bond motifs is 1. The maximum atomic E-state index is 3.68. The molecule has 2 heterocycles. The predicted molar refractivity (Wildman–Crippen MR) is 87.9 cm³/mol. The van der Waals surface area contributed by atoms with Crippen molar-refractivity contribution in [3.8, 4) is 0 Å². The van der Waals surface area contributed by atoms with Gasteiger partial charge in [0.25, 0.3) is 0 Å². The molecule has 1 atom stereocenters. The van der Waals surface area contributed by atoms with Gasteiger partial charge in [-0.3, -0.25) is 0 Å². The monoisotopic (exact) mass is 274 g/mol. The zero-order chi connectivity index (χ0) is 14.5. The molecule has 0 spiro atoms. The number of aromatic nitrogens is 1. The minimum atomic E-state index is 0.765. The predicted octanol–water partition coefficient (Wildman–Crippen LogP) is 2.70. The van der Waals surface area contributed by atoms with Gasteiger partial charge in [-0.05, 0) is 61.8 Å². The Kier molecular flexibility index (Phi) is 5.47. The van der Waals surface area contributed by atoms with Crippen LogP contribution in [0.3, 0.4) is 0 Å². The third kappa shape index (κ3) is 3.76. The third-order valence-electron chi connectivity index (χ3n) is 4.23. The molecule has 0 amide bonds. The molecular weight excluding hydrogens is 244 g/mol. The first-order valence-electron chi connectivity index (χ1n) is 8.18. The van der Waals surface area contributed by atoms with Crippen LogP contribution in [0.4, 0.5) is 0 Å². The molecule has 20 heavy (non-hydrogen) atoms. The van der Waals surface area contributed by atoms with Crippen molar-refractivity contribution in [2.24, 2.45) is 11.8 Å². The van der Waals surface area contributed by atoms with Gasteiger partial charge in [-0.1, -0.05) is 32.9 Å². The molecule has 112 valence electrons. The van der Waals surface area contributed by atoms with E-state index in [0.29, 0.717) is 0 Å². The Bertz CT molecular complexity index is 536. The Balaban J connectivity index is 2.24. The third-order valence-corrected chi connectivity index (χ3v) is 4.23. The van der Waals surface area contributed by atoms with Crippen molar-refractivity contribution in [1.29, 1.82) is 0 Å². The zero-order valence-corrected chi connectivity index (χ0v) is 13.6. The van der Waals surface area contributed by atoms with E-state index in [0.717, 1.165) is 24.9 Å². The van der Waals surface area contributed by atoms with E-state index in [2.05, 4.69) is 50.1 Å². The summed E-state index contributed by atoms with van der Waals surface area (Å²) in [6, 6.07) is 0. The molecule has 0 radical (unpaired) electrons. The molecule has 2 nitrogen and oxygen atoms in total. The van der Waals surface area contributed by atoms with Crippen LogP contribution in [-0.4, -0.2) is 11.5 Å². The van der Waals surface area contributed by atoms with Crippen molar-refractivity contribution >= 4 is 12.2 Å². The summed E-state index contributed by atoms with van der Waals surface area (Å²) in [6.45, 7) is 11.3. The fraction of sp³-hybridized carbons (Fsp3) is 0.667. The number of hydrogen-bond acceptors (Lipinski definition) is 1. The lowest BCUT2D eigenvalue weighted by molar-refractivity contribution is 0.449. The van der Waals surface area contributed by atoms with Gasteiger partial charge in [0.15, 0.2) is 0 Å². The van der Waals surface area contributed by atoms with Gasteiger partial charge in [0.05, 0.1) is 0 Å². The molecule has 1 aromatic heterocycles. The quantitative estimate of drug-likeness (QED) is 0.868. The van der Waals surface area contributed by atoms with E-state index < -0.39 is 0 Å².